The number of nitrogens with one attached hydrogen (secondary N) is 1. The van der Waals surface area contributed by atoms with Gasteiger partial charge >= 0.3 is 5.97 Å². The number of para-hydroxylation sites is 1. The van der Waals surface area contributed by atoms with Gasteiger partial charge < -0.3 is 20.2 Å². The number of carboxylic acids is 1. The van der Waals surface area contributed by atoms with E-state index in [1.54, 1.807) is 6.92 Å². The molecule has 4 aromatic rings. The molecule has 1 saturated carbocycles. The summed E-state index contributed by atoms with van der Waals surface area (Å²) < 4.78 is 0. The monoisotopic (exact) mass is 592 g/mol. The summed E-state index contributed by atoms with van der Waals surface area (Å²) in [6, 6.07) is 16.9. The lowest BCUT2D eigenvalue weighted by Gasteiger charge is -2.36. The van der Waals surface area contributed by atoms with Crippen LogP contribution in [0.5, 0.6) is 0 Å². The number of carbonyl (C=O) groups excluding carboxylic acids is 1. The van der Waals surface area contributed by atoms with E-state index < -0.39 is 5.97 Å². The average molecular weight is 593 g/mol. The molecule has 2 N–H and O–H groups in total. The van der Waals surface area contributed by atoms with Gasteiger partial charge in [-0.2, -0.15) is 0 Å². The summed E-state index contributed by atoms with van der Waals surface area (Å²) in [5.74, 6) is 0.600. The molecule has 0 unspecified atom stereocenters. The SMILES string of the molecule is CC(=O)N(c1ccc(-c2cnc(N3C[C@H]4C[C@@H]3CN4CC(=O)O)nc2)cc1)C1CCC(Nc2ncc3ccccc3n2)CC1. The van der Waals surface area contributed by atoms with Gasteiger partial charge in [0.15, 0.2) is 0 Å². The molecular formula is C33H36N8O3. The van der Waals surface area contributed by atoms with Crippen LogP contribution in [0.4, 0.5) is 17.6 Å². The number of carbonyl (C=O) groups is 2. The number of fused-ring (bicyclic) bond motifs is 3. The van der Waals surface area contributed by atoms with E-state index in [1.165, 1.54) is 0 Å². The Morgan fingerprint density at radius 1 is 0.909 bits per heavy atom. The highest BCUT2D eigenvalue weighted by molar-refractivity contribution is 5.92. The average Bonchev–Trinajstić information content (AvgIpc) is 3.63. The number of likely N-dealkylation sites (tertiary alicyclic amines) is 1. The zero-order chi connectivity index (χ0) is 30.2. The molecule has 11 nitrogen and oxygen atoms in total. The normalized spacial score (nSPS) is 23.2. The first kappa shape index (κ1) is 28.1. The van der Waals surface area contributed by atoms with Gasteiger partial charge in [0.05, 0.1) is 12.1 Å². The van der Waals surface area contributed by atoms with Crippen LogP contribution in [-0.4, -0.2) is 85.6 Å². The standard InChI is InChI=1S/C33H36N8O3/c1-21(42)41(27-12-8-25(9-13-27)37-32-34-15-23-4-2-3-5-30(23)38-32)26-10-6-22(7-11-26)24-16-35-33(36-17-24)40-19-28-14-29(40)18-39(28)20-31(43)44/h2-7,10-11,15-17,25,27-29H,8-9,12-14,18-20H2,1H3,(H,43,44)(H,34,37,38)/t25?,27?,28-,29-/m1/s1. The third-order valence-electron chi connectivity index (χ3n) is 9.29. The number of rotatable bonds is 8. The van der Waals surface area contributed by atoms with Crippen LogP contribution in [0.25, 0.3) is 22.0 Å². The van der Waals surface area contributed by atoms with E-state index >= 15 is 0 Å². The fraction of sp³-hybridized carbons (Fsp3) is 0.394. The summed E-state index contributed by atoms with van der Waals surface area (Å²) >= 11 is 0. The molecule has 2 bridgehead atoms. The second-order valence-electron chi connectivity index (χ2n) is 12.1. The lowest BCUT2D eigenvalue weighted by Crippen LogP contribution is -2.48. The second kappa shape index (κ2) is 11.8. The molecule has 2 atom stereocenters. The van der Waals surface area contributed by atoms with Crippen molar-refractivity contribution in [3.05, 3.63) is 67.1 Å². The number of carboxylic acid groups (broad SMARTS) is 1. The van der Waals surface area contributed by atoms with Gasteiger partial charge in [-0.1, -0.05) is 30.3 Å². The van der Waals surface area contributed by atoms with E-state index in [1.807, 2.05) is 76.9 Å². The van der Waals surface area contributed by atoms with E-state index in [-0.39, 0.29) is 36.6 Å². The number of anilines is 3. The molecule has 2 aliphatic heterocycles. The maximum Gasteiger partial charge on any atom is 0.317 e. The predicted molar refractivity (Wildman–Crippen MR) is 169 cm³/mol. The smallest absolute Gasteiger partial charge is 0.317 e. The fourth-order valence-electron chi connectivity index (χ4n) is 7.15. The van der Waals surface area contributed by atoms with Crippen LogP contribution in [-0.2, 0) is 9.59 Å². The van der Waals surface area contributed by atoms with E-state index in [2.05, 4.69) is 30.2 Å². The Hall–Kier alpha value is -4.64. The van der Waals surface area contributed by atoms with Crippen molar-refractivity contribution in [3.8, 4) is 11.1 Å². The Labute approximate surface area is 256 Å². The zero-order valence-corrected chi connectivity index (χ0v) is 24.7. The molecule has 0 spiro atoms. The van der Waals surface area contributed by atoms with Crippen LogP contribution in [0.3, 0.4) is 0 Å². The van der Waals surface area contributed by atoms with Crippen LogP contribution < -0.4 is 15.1 Å². The highest BCUT2D eigenvalue weighted by atomic mass is 16.4. The van der Waals surface area contributed by atoms with Gasteiger partial charge in [0.25, 0.3) is 0 Å². The van der Waals surface area contributed by atoms with E-state index in [0.29, 0.717) is 11.9 Å². The second-order valence-corrected chi connectivity index (χ2v) is 12.1. The number of benzene rings is 2. The van der Waals surface area contributed by atoms with Crippen molar-refractivity contribution in [2.24, 2.45) is 0 Å². The van der Waals surface area contributed by atoms with Crippen LogP contribution in [0, 0.1) is 0 Å². The molecular weight excluding hydrogens is 556 g/mol. The molecule has 0 radical (unpaired) electrons. The minimum Gasteiger partial charge on any atom is -0.480 e. The largest absolute Gasteiger partial charge is 0.480 e. The molecule has 3 aliphatic rings. The number of nitrogens with zero attached hydrogens (tertiary/aromatic N) is 7. The third kappa shape index (κ3) is 5.67. The van der Waals surface area contributed by atoms with E-state index in [9.17, 15) is 9.59 Å². The fourth-order valence-corrected chi connectivity index (χ4v) is 7.15. The van der Waals surface area contributed by atoms with Crippen LogP contribution in [0.1, 0.15) is 39.0 Å². The van der Waals surface area contributed by atoms with Crippen molar-refractivity contribution in [2.45, 2.75) is 63.2 Å². The molecule has 226 valence electrons. The predicted octanol–water partition coefficient (Wildman–Crippen LogP) is 4.21. The van der Waals surface area contributed by atoms with Gasteiger partial charge in [-0.15, -0.1) is 0 Å². The summed E-state index contributed by atoms with van der Waals surface area (Å²) in [7, 11) is 0. The summed E-state index contributed by atoms with van der Waals surface area (Å²) in [6.07, 6.45) is 10.1. The molecule has 11 heteroatoms. The van der Waals surface area contributed by atoms with E-state index in [0.717, 1.165) is 72.9 Å². The molecule has 2 saturated heterocycles. The molecule has 1 amide bonds. The van der Waals surface area contributed by atoms with Crippen LogP contribution >= 0.6 is 0 Å². The Bertz CT molecular complexity index is 1660. The molecule has 7 rings (SSSR count). The lowest BCUT2D eigenvalue weighted by molar-refractivity contribution is -0.138. The Balaban J connectivity index is 0.966. The van der Waals surface area contributed by atoms with E-state index in [4.69, 9.17) is 5.11 Å². The van der Waals surface area contributed by atoms with Gasteiger partial charge in [-0.05, 0) is 55.9 Å². The Morgan fingerprint density at radius 3 is 2.34 bits per heavy atom. The summed E-state index contributed by atoms with van der Waals surface area (Å²) in [5, 5.41) is 13.7. The minimum absolute atomic E-state index is 0.0431. The first-order valence-corrected chi connectivity index (χ1v) is 15.3. The van der Waals surface area contributed by atoms with Crippen molar-refractivity contribution in [3.63, 3.8) is 0 Å². The first-order chi connectivity index (χ1) is 21.4. The van der Waals surface area contributed by atoms with Crippen molar-refractivity contribution in [1.82, 2.24) is 24.8 Å². The lowest BCUT2D eigenvalue weighted by atomic mass is 9.89. The quantitative estimate of drug-likeness (QED) is 0.307. The van der Waals surface area contributed by atoms with Gasteiger partial charge in [0.2, 0.25) is 17.8 Å². The number of hydrogen-bond donors (Lipinski definition) is 2. The van der Waals surface area contributed by atoms with Gasteiger partial charge in [0.1, 0.15) is 0 Å². The maximum atomic E-state index is 12.8. The number of aliphatic carboxylic acids is 1. The van der Waals surface area contributed by atoms with Crippen molar-refractivity contribution >= 4 is 40.4 Å². The first-order valence-electron chi connectivity index (χ1n) is 15.3. The van der Waals surface area contributed by atoms with Gasteiger partial charge in [-0.25, -0.2) is 19.9 Å². The van der Waals surface area contributed by atoms with Crippen LogP contribution in [0.15, 0.2) is 67.1 Å². The molecule has 2 aromatic carbocycles. The minimum atomic E-state index is -0.782. The summed E-state index contributed by atoms with van der Waals surface area (Å²) in [6.45, 7) is 3.21. The molecule has 4 heterocycles. The van der Waals surface area contributed by atoms with Gasteiger partial charge in [0, 0.05) is 79.4 Å². The van der Waals surface area contributed by atoms with Crippen molar-refractivity contribution in [2.75, 3.05) is 34.8 Å². The Morgan fingerprint density at radius 2 is 1.66 bits per heavy atom. The number of amides is 1. The number of hydrogen-bond acceptors (Lipinski definition) is 9. The Kier molecular flexibility index (Phi) is 7.55. The maximum absolute atomic E-state index is 12.8. The highest BCUT2D eigenvalue weighted by Crippen LogP contribution is 2.34. The van der Waals surface area contributed by atoms with Crippen molar-refractivity contribution in [1.29, 1.82) is 0 Å². The molecule has 1 aliphatic carbocycles. The zero-order valence-electron chi connectivity index (χ0n) is 24.7. The van der Waals surface area contributed by atoms with Crippen LogP contribution in [0.2, 0.25) is 0 Å². The third-order valence-corrected chi connectivity index (χ3v) is 9.29. The van der Waals surface area contributed by atoms with Crippen molar-refractivity contribution < 1.29 is 14.7 Å². The molecule has 2 aromatic heterocycles. The summed E-state index contributed by atoms with van der Waals surface area (Å²) in [5.41, 5.74) is 3.72. The topological polar surface area (TPSA) is 128 Å². The molecule has 3 fully saturated rings. The summed E-state index contributed by atoms with van der Waals surface area (Å²) in [4.78, 5) is 48.6. The van der Waals surface area contributed by atoms with Gasteiger partial charge in [-0.3, -0.25) is 14.5 Å². The number of piperazine rings is 1. The highest BCUT2D eigenvalue weighted by Gasteiger charge is 2.44. The molecule has 44 heavy (non-hydrogen) atoms. The number of aromatic nitrogens is 4.